The number of aromatic amines is 1. The van der Waals surface area contributed by atoms with Crippen molar-refractivity contribution in [3.05, 3.63) is 32.7 Å². The van der Waals surface area contributed by atoms with Crippen molar-refractivity contribution in [3.8, 4) is 0 Å². The molecule has 2 aromatic rings. The Morgan fingerprint density at radius 3 is 2.81 bits per heavy atom. The summed E-state index contributed by atoms with van der Waals surface area (Å²) in [6, 6.07) is 3.30. The maximum Gasteiger partial charge on any atom is 0.339 e. The number of carbonyl (C=O) groups is 1. The molecule has 0 bridgehead atoms. The third kappa shape index (κ3) is 1.55. The first-order valence-electron chi connectivity index (χ1n) is 4.51. The fourth-order valence-corrected chi connectivity index (χ4v) is 2.01. The number of aromatic nitrogens is 2. The molecule has 6 heteroatoms. The average molecular weight is 285 g/mol. The fraction of sp³-hybridized carbons (Fsp3) is 0.200. The van der Waals surface area contributed by atoms with Gasteiger partial charge in [-0.15, -0.1) is 0 Å². The van der Waals surface area contributed by atoms with Crippen LogP contribution >= 0.6 is 15.9 Å². The molecule has 2 rings (SSSR count). The Morgan fingerprint density at radius 2 is 2.19 bits per heavy atom. The summed E-state index contributed by atoms with van der Waals surface area (Å²) in [6.45, 7) is 0. The number of nitrogens with one attached hydrogen (secondary N) is 1. The lowest BCUT2D eigenvalue weighted by Gasteiger charge is -2.02. The SMILES string of the molecule is COC(=O)c1cc2[nH]c(=O)n(C)c2cc1Br. The first-order valence-corrected chi connectivity index (χ1v) is 5.30. The molecule has 0 unspecified atom stereocenters. The van der Waals surface area contributed by atoms with Gasteiger partial charge in [-0.3, -0.25) is 4.57 Å². The van der Waals surface area contributed by atoms with E-state index in [1.165, 1.54) is 11.7 Å². The molecule has 0 aliphatic rings. The van der Waals surface area contributed by atoms with E-state index in [0.717, 1.165) is 5.52 Å². The minimum atomic E-state index is -0.446. The molecule has 1 aromatic heterocycles. The number of carbonyl (C=O) groups excluding carboxylic acids is 1. The number of halogens is 1. The summed E-state index contributed by atoms with van der Waals surface area (Å²) in [4.78, 5) is 25.4. The average Bonchev–Trinajstić information content (AvgIpc) is 2.53. The summed E-state index contributed by atoms with van der Waals surface area (Å²) in [7, 11) is 2.97. The highest BCUT2D eigenvalue weighted by molar-refractivity contribution is 9.10. The third-order valence-corrected chi connectivity index (χ3v) is 3.05. The highest BCUT2D eigenvalue weighted by atomic mass is 79.9. The Balaban J connectivity index is 2.77. The van der Waals surface area contributed by atoms with E-state index in [1.54, 1.807) is 19.2 Å². The second-order valence-corrected chi connectivity index (χ2v) is 4.18. The summed E-state index contributed by atoms with van der Waals surface area (Å²) in [6.07, 6.45) is 0. The lowest BCUT2D eigenvalue weighted by Crippen LogP contribution is -2.11. The van der Waals surface area contributed by atoms with Crippen molar-refractivity contribution in [2.75, 3.05) is 7.11 Å². The van der Waals surface area contributed by atoms with E-state index in [-0.39, 0.29) is 5.69 Å². The molecule has 0 radical (unpaired) electrons. The Kier molecular flexibility index (Phi) is 2.59. The molecule has 0 spiro atoms. The van der Waals surface area contributed by atoms with Crippen molar-refractivity contribution in [1.82, 2.24) is 9.55 Å². The minimum absolute atomic E-state index is 0.219. The Bertz CT molecular complexity index is 627. The standard InChI is InChI=1S/C10H9BrN2O3/c1-13-8-4-6(11)5(9(14)16-2)3-7(8)12-10(13)15/h3-4H,1-2H3,(H,12,15). The first kappa shape index (κ1) is 10.9. The molecule has 0 aliphatic carbocycles. The van der Waals surface area contributed by atoms with Crippen molar-refractivity contribution in [1.29, 1.82) is 0 Å². The normalized spacial score (nSPS) is 10.7. The van der Waals surface area contributed by atoms with E-state index in [0.29, 0.717) is 15.6 Å². The van der Waals surface area contributed by atoms with Gasteiger partial charge in [0.15, 0.2) is 0 Å². The summed E-state index contributed by atoms with van der Waals surface area (Å²) in [5, 5.41) is 0. The molecule has 0 amide bonds. The number of hydrogen-bond donors (Lipinski definition) is 1. The summed E-state index contributed by atoms with van der Waals surface area (Å²) in [5.74, 6) is -0.446. The van der Waals surface area contributed by atoms with E-state index in [2.05, 4.69) is 25.7 Å². The van der Waals surface area contributed by atoms with Crippen LogP contribution in [0.1, 0.15) is 10.4 Å². The molecule has 84 valence electrons. The number of ether oxygens (including phenoxy) is 1. The summed E-state index contributed by atoms with van der Waals surface area (Å²) >= 11 is 3.27. The third-order valence-electron chi connectivity index (χ3n) is 2.40. The number of rotatable bonds is 1. The second kappa shape index (κ2) is 3.79. The van der Waals surface area contributed by atoms with Crippen molar-refractivity contribution in [2.45, 2.75) is 0 Å². The zero-order chi connectivity index (χ0) is 11.9. The van der Waals surface area contributed by atoms with Gasteiger partial charge in [-0.1, -0.05) is 0 Å². The molecule has 0 aliphatic heterocycles. The number of aryl methyl sites for hydroxylation is 1. The van der Waals surface area contributed by atoms with Gasteiger partial charge in [0, 0.05) is 11.5 Å². The first-order chi connectivity index (χ1) is 7.54. The fourth-order valence-electron chi connectivity index (χ4n) is 1.52. The van der Waals surface area contributed by atoms with Crippen LogP contribution in [0.3, 0.4) is 0 Å². The van der Waals surface area contributed by atoms with Gasteiger partial charge >= 0.3 is 11.7 Å². The zero-order valence-corrected chi connectivity index (χ0v) is 10.3. The van der Waals surface area contributed by atoms with Gasteiger partial charge in [-0.25, -0.2) is 9.59 Å². The molecule has 1 heterocycles. The van der Waals surface area contributed by atoms with Gasteiger partial charge in [0.1, 0.15) is 0 Å². The highest BCUT2D eigenvalue weighted by Gasteiger charge is 2.13. The van der Waals surface area contributed by atoms with Crippen LogP contribution in [-0.2, 0) is 11.8 Å². The van der Waals surface area contributed by atoms with Crippen LogP contribution in [-0.4, -0.2) is 22.6 Å². The molecule has 5 nitrogen and oxygen atoms in total. The van der Waals surface area contributed by atoms with Crippen molar-refractivity contribution >= 4 is 32.9 Å². The second-order valence-electron chi connectivity index (χ2n) is 3.33. The largest absolute Gasteiger partial charge is 0.465 e. The van der Waals surface area contributed by atoms with Crippen LogP contribution < -0.4 is 5.69 Å². The van der Waals surface area contributed by atoms with Crippen LogP contribution in [0, 0.1) is 0 Å². The van der Waals surface area contributed by atoms with Gasteiger partial charge in [0.2, 0.25) is 0 Å². The predicted octanol–water partition coefficient (Wildman–Crippen LogP) is 1.42. The monoisotopic (exact) mass is 284 g/mol. The molecular weight excluding hydrogens is 276 g/mol. The minimum Gasteiger partial charge on any atom is -0.465 e. The number of nitrogens with zero attached hydrogens (tertiary/aromatic N) is 1. The van der Waals surface area contributed by atoms with Gasteiger partial charge in [0.25, 0.3) is 0 Å². The van der Waals surface area contributed by atoms with E-state index >= 15 is 0 Å². The van der Waals surface area contributed by atoms with Crippen LogP contribution in [0.2, 0.25) is 0 Å². The molecule has 1 N–H and O–H groups in total. The van der Waals surface area contributed by atoms with Crippen LogP contribution in [0.5, 0.6) is 0 Å². The number of imidazole rings is 1. The number of benzene rings is 1. The van der Waals surface area contributed by atoms with Crippen LogP contribution in [0.25, 0.3) is 11.0 Å². The van der Waals surface area contributed by atoms with Gasteiger partial charge < -0.3 is 9.72 Å². The van der Waals surface area contributed by atoms with Crippen molar-refractivity contribution in [2.24, 2.45) is 7.05 Å². The lowest BCUT2D eigenvalue weighted by atomic mass is 10.2. The van der Waals surface area contributed by atoms with E-state index in [9.17, 15) is 9.59 Å². The maximum absolute atomic E-state index is 11.4. The number of hydrogen-bond acceptors (Lipinski definition) is 3. The molecule has 0 saturated heterocycles. The predicted molar refractivity (Wildman–Crippen MR) is 62.6 cm³/mol. The molecular formula is C10H9BrN2O3. The Morgan fingerprint density at radius 1 is 1.50 bits per heavy atom. The quantitative estimate of drug-likeness (QED) is 0.806. The van der Waals surface area contributed by atoms with Gasteiger partial charge in [-0.05, 0) is 28.1 Å². The van der Waals surface area contributed by atoms with E-state index < -0.39 is 5.97 Å². The van der Waals surface area contributed by atoms with Gasteiger partial charge in [-0.2, -0.15) is 0 Å². The molecule has 0 saturated carbocycles. The zero-order valence-electron chi connectivity index (χ0n) is 8.70. The van der Waals surface area contributed by atoms with Crippen molar-refractivity contribution < 1.29 is 9.53 Å². The van der Waals surface area contributed by atoms with E-state index in [4.69, 9.17) is 0 Å². The number of H-pyrrole nitrogens is 1. The highest BCUT2D eigenvalue weighted by Crippen LogP contribution is 2.23. The maximum atomic E-state index is 11.4. The summed E-state index contributed by atoms with van der Waals surface area (Å²) < 4.78 is 6.71. The van der Waals surface area contributed by atoms with Crippen LogP contribution in [0.4, 0.5) is 0 Å². The number of methoxy groups -OCH3 is 1. The molecule has 16 heavy (non-hydrogen) atoms. The molecule has 0 fully saturated rings. The smallest absolute Gasteiger partial charge is 0.339 e. The number of fused-ring (bicyclic) bond motifs is 1. The summed E-state index contributed by atoms with van der Waals surface area (Å²) in [5.41, 5.74) is 1.50. The van der Waals surface area contributed by atoms with Crippen molar-refractivity contribution in [3.63, 3.8) is 0 Å². The Labute approximate surface area is 99.2 Å². The molecule has 0 atom stereocenters. The lowest BCUT2D eigenvalue weighted by molar-refractivity contribution is 0.0600. The van der Waals surface area contributed by atoms with Gasteiger partial charge in [0.05, 0.1) is 23.7 Å². The number of esters is 1. The van der Waals surface area contributed by atoms with E-state index in [1.807, 2.05) is 0 Å². The topological polar surface area (TPSA) is 64.1 Å². The Hall–Kier alpha value is -1.56. The van der Waals surface area contributed by atoms with Crippen LogP contribution in [0.15, 0.2) is 21.4 Å². The molecule has 1 aromatic carbocycles.